The Balaban J connectivity index is 1.30. The second-order valence-electron chi connectivity index (χ2n) is 7.14. The minimum absolute atomic E-state index is 0.00394. The summed E-state index contributed by atoms with van der Waals surface area (Å²) in [5.41, 5.74) is 3.59. The third-order valence-electron chi connectivity index (χ3n) is 5.36. The summed E-state index contributed by atoms with van der Waals surface area (Å²) < 4.78 is 0. The lowest BCUT2D eigenvalue weighted by molar-refractivity contribution is -0.117. The Morgan fingerprint density at radius 2 is 1.89 bits per heavy atom. The zero-order valence-corrected chi connectivity index (χ0v) is 15.9. The van der Waals surface area contributed by atoms with Crippen LogP contribution in [0.5, 0.6) is 0 Å². The van der Waals surface area contributed by atoms with Crippen LogP contribution in [0.2, 0.25) is 0 Å². The number of carbonyl (C=O) groups excluding carboxylic acids is 2. The van der Waals surface area contributed by atoms with E-state index in [9.17, 15) is 9.59 Å². The van der Waals surface area contributed by atoms with E-state index in [4.69, 9.17) is 0 Å². The minimum atomic E-state index is -0.235. The SMILES string of the molecule is O=C(N[C@H]1C[C@@H]2C(=O)Nc3ccccc3N2C1)c1ccc(-c2cccs2)cc1. The van der Waals surface area contributed by atoms with Crippen LogP contribution in [0.3, 0.4) is 0 Å². The van der Waals surface area contributed by atoms with Crippen LogP contribution >= 0.6 is 11.3 Å². The molecule has 3 heterocycles. The summed E-state index contributed by atoms with van der Waals surface area (Å²) in [4.78, 5) is 28.4. The molecule has 2 aromatic carbocycles. The van der Waals surface area contributed by atoms with Crippen LogP contribution in [0.15, 0.2) is 66.0 Å². The standard InChI is InChI=1S/C22H19N3O2S/c26-21(15-9-7-14(8-10-15)20-6-3-11-28-20)23-16-12-19-22(27)24-17-4-1-2-5-18(17)25(19)13-16/h1-11,16,19H,12-13H2,(H,23,26)(H,24,27)/t16-,19+/m0/s1. The number of thiophene rings is 1. The highest BCUT2D eigenvalue weighted by molar-refractivity contribution is 7.13. The highest BCUT2D eigenvalue weighted by atomic mass is 32.1. The van der Waals surface area contributed by atoms with Crippen molar-refractivity contribution in [1.29, 1.82) is 0 Å². The first-order valence-corrected chi connectivity index (χ1v) is 10.2. The predicted octanol–water partition coefficient (Wildman–Crippen LogP) is 3.74. The normalized spacial score (nSPS) is 20.3. The molecule has 5 rings (SSSR count). The Morgan fingerprint density at radius 1 is 1.07 bits per heavy atom. The summed E-state index contributed by atoms with van der Waals surface area (Å²) in [6.45, 7) is 0.633. The van der Waals surface area contributed by atoms with Gasteiger partial charge in [0, 0.05) is 23.0 Å². The summed E-state index contributed by atoms with van der Waals surface area (Å²) in [7, 11) is 0. The van der Waals surface area contributed by atoms with E-state index in [1.165, 1.54) is 4.88 Å². The van der Waals surface area contributed by atoms with Crippen LogP contribution in [0.4, 0.5) is 11.4 Å². The van der Waals surface area contributed by atoms with Crippen molar-refractivity contribution in [2.24, 2.45) is 0 Å². The highest BCUT2D eigenvalue weighted by Gasteiger charge is 2.41. The Morgan fingerprint density at radius 3 is 2.68 bits per heavy atom. The Kier molecular flexibility index (Phi) is 4.13. The van der Waals surface area contributed by atoms with Gasteiger partial charge in [-0.1, -0.05) is 30.3 Å². The van der Waals surface area contributed by atoms with Crippen molar-refractivity contribution >= 4 is 34.5 Å². The molecule has 2 atom stereocenters. The largest absolute Gasteiger partial charge is 0.356 e. The van der Waals surface area contributed by atoms with Gasteiger partial charge in [-0.15, -0.1) is 11.3 Å². The number of anilines is 2. The number of nitrogens with zero attached hydrogens (tertiary/aromatic N) is 1. The maximum absolute atomic E-state index is 12.7. The second-order valence-corrected chi connectivity index (χ2v) is 8.08. The van der Waals surface area contributed by atoms with Crippen molar-refractivity contribution in [3.63, 3.8) is 0 Å². The number of hydrogen-bond acceptors (Lipinski definition) is 4. The molecule has 1 fully saturated rings. The molecule has 0 saturated carbocycles. The van der Waals surface area contributed by atoms with Crippen LogP contribution in [0, 0.1) is 0 Å². The fraction of sp³-hybridized carbons (Fsp3) is 0.182. The molecule has 6 heteroatoms. The average Bonchev–Trinajstić information content (AvgIpc) is 3.39. The maximum atomic E-state index is 12.7. The summed E-state index contributed by atoms with van der Waals surface area (Å²) >= 11 is 1.68. The van der Waals surface area contributed by atoms with Gasteiger partial charge in [0.05, 0.1) is 11.4 Å². The maximum Gasteiger partial charge on any atom is 0.251 e. The van der Waals surface area contributed by atoms with E-state index in [0.717, 1.165) is 16.9 Å². The van der Waals surface area contributed by atoms with E-state index in [2.05, 4.69) is 21.6 Å². The quantitative estimate of drug-likeness (QED) is 0.717. The molecule has 0 bridgehead atoms. The molecule has 140 valence electrons. The molecule has 0 aliphatic carbocycles. The van der Waals surface area contributed by atoms with Gasteiger partial charge in [0.15, 0.2) is 0 Å². The fourth-order valence-corrected chi connectivity index (χ4v) is 4.73. The zero-order chi connectivity index (χ0) is 19.1. The molecule has 5 nitrogen and oxygen atoms in total. The fourth-order valence-electron chi connectivity index (χ4n) is 4.00. The molecule has 2 aliphatic heterocycles. The van der Waals surface area contributed by atoms with Gasteiger partial charge in [-0.3, -0.25) is 9.59 Å². The molecule has 3 aromatic rings. The topological polar surface area (TPSA) is 61.4 Å². The van der Waals surface area contributed by atoms with Crippen LogP contribution in [-0.4, -0.2) is 30.4 Å². The van der Waals surface area contributed by atoms with Crippen molar-refractivity contribution in [3.05, 3.63) is 71.6 Å². The van der Waals surface area contributed by atoms with Crippen molar-refractivity contribution in [1.82, 2.24) is 5.32 Å². The van der Waals surface area contributed by atoms with E-state index in [0.29, 0.717) is 18.5 Å². The number of para-hydroxylation sites is 2. The Labute approximate surface area is 167 Å². The molecular weight excluding hydrogens is 370 g/mol. The first-order chi connectivity index (χ1) is 13.7. The van der Waals surface area contributed by atoms with Crippen molar-refractivity contribution in [2.45, 2.75) is 18.5 Å². The smallest absolute Gasteiger partial charge is 0.251 e. The van der Waals surface area contributed by atoms with Gasteiger partial charge in [-0.2, -0.15) is 0 Å². The summed E-state index contributed by atoms with van der Waals surface area (Å²) in [6.07, 6.45) is 0.610. The third-order valence-corrected chi connectivity index (χ3v) is 6.28. The van der Waals surface area contributed by atoms with Gasteiger partial charge >= 0.3 is 0 Å². The van der Waals surface area contributed by atoms with Crippen molar-refractivity contribution in [3.8, 4) is 10.4 Å². The van der Waals surface area contributed by atoms with Gasteiger partial charge in [0.2, 0.25) is 5.91 Å². The van der Waals surface area contributed by atoms with Gasteiger partial charge in [0.1, 0.15) is 6.04 Å². The number of nitrogens with one attached hydrogen (secondary N) is 2. The third kappa shape index (κ3) is 2.96. The summed E-state index contributed by atoms with van der Waals surface area (Å²) in [6, 6.07) is 19.2. The molecule has 0 radical (unpaired) electrons. The van der Waals surface area contributed by atoms with Gasteiger partial charge in [0.25, 0.3) is 5.91 Å². The first-order valence-electron chi connectivity index (χ1n) is 9.30. The van der Waals surface area contributed by atoms with Gasteiger partial charge in [-0.05, 0) is 47.7 Å². The number of amides is 2. The minimum Gasteiger partial charge on any atom is -0.356 e. The predicted molar refractivity (Wildman–Crippen MR) is 112 cm³/mol. The molecule has 2 amide bonds. The van der Waals surface area contributed by atoms with Crippen LogP contribution in [0.1, 0.15) is 16.8 Å². The Bertz CT molecular complexity index is 1030. The van der Waals surface area contributed by atoms with E-state index in [1.807, 2.05) is 60.0 Å². The van der Waals surface area contributed by atoms with Crippen LogP contribution < -0.4 is 15.5 Å². The molecular formula is C22H19N3O2S. The summed E-state index contributed by atoms with van der Waals surface area (Å²) in [5.74, 6) is -0.105. The van der Waals surface area contributed by atoms with E-state index in [1.54, 1.807) is 11.3 Å². The van der Waals surface area contributed by atoms with Crippen molar-refractivity contribution in [2.75, 3.05) is 16.8 Å². The van der Waals surface area contributed by atoms with Crippen LogP contribution in [0.25, 0.3) is 10.4 Å². The molecule has 1 aromatic heterocycles. The molecule has 0 spiro atoms. The van der Waals surface area contributed by atoms with E-state index >= 15 is 0 Å². The lowest BCUT2D eigenvalue weighted by Gasteiger charge is -2.32. The molecule has 28 heavy (non-hydrogen) atoms. The lowest BCUT2D eigenvalue weighted by atomic mass is 10.1. The van der Waals surface area contributed by atoms with Crippen LogP contribution in [-0.2, 0) is 4.79 Å². The second kappa shape index (κ2) is 6.80. The molecule has 1 saturated heterocycles. The molecule has 0 unspecified atom stereocenters. The first kappa shape index (κ1) is 17.0. The molecule has 2 aliphatic rings. The van der Waals surface area contributed by atoms with Crippen molar-refractivity contribution < 1.29 is 9.59 Å². The van der Waals surface area contributed by atoms with Gasteiger partial charge < -0.3 is 15.5 Å². The molecule has 2 N–H and O–H groups in total. The lowest BCUT2D eigenvalue weighted by Crippen LogP contribution is -2.44. The highest BCUT2D eigenvalue weighted by Crippen LogP contribution is 2.36. The van der Waals surface area contributed by atoms with E-state index < -0.39 is 0 Å². The zero-order valence-electron chi connectivity index (χ0n) is 15.1. The summed E-state index contributed by atoms with van der Waals surface area (Å²) in [5, 5.41) is 8.10. The Hall–Kier alpha value is -3.12. The number of carbonyl (C=O) groups is 2. The van der Waals surface area contributed by atoms with E-state index in [-0.39, 0.29) is 23.9 Å². The average molecular weight is 389 g/mol. The number of hydrogen-bond donors (Lipinski definition) is 2. The number of benzene rings is 2. The van der Waals surface area contributed by atoms with Gasteiger partial charge in [-0.25, -0.2) is 0 Å². The monoisotopic (exact) mass is 389 g/mol. The number of rotatable bonds is 3. The number of fused-ring (bicyclic) bond motifs is 3.